The molecule has 0 saturated carbocycles. The molecule has 1 fully saturated rings. The van der Waals surface area contributed by atoms with Crippen LogP contribution in [0.25, 0.3) is 10.2 Å². The van der Waals surface area contributed by atoms with E-state index < -0.39 is 21.9 Å². The molecule has 1 aliphatic rings. The van der Waals surface area contributed by atoms with Crippen molar-refractivity contribution >= 4 is 66.7 Å². The zero-order valence-electron chi connectivity index (χ0n) is 17.5. The van der Waals surface area contributed by atoms with E-state index in [4.69, 9.17) is 27.9 Å². The number of carbonyl (C=O) groups excluding carboxylic acids is 2. The number of carbonyl (C=O) groups is 2. The monoisotopic (exact) mass is 527 g/mol. The number of amides is 1. The molecule has 0 radical (unpaired) electrons. The van der Waals surface area contributed by atoms with Crippen molar-refractivity contribution in [3.8, 4) is 0 Å². The van der Waals surface area contributed by atoms with Crippen molar-refractivity contribution in [2.75, 3.05) is 20.2 Å². The number of methoxy groups -OCH3 is 1. The molecule has 1 aliphatic heterocycles. The van der Waals surface area contributed by atoms with E-state index in [9.17, 15) is 18.0 Å². The van der Waals surface area contributed by atoms with Crippen LogP contribution in [0, 0.1) is 0 Å². The second-order valence-corrected chi connectivity index (χ2v) is 11.1. The van der Waals surface area contributed by atoms with E-state index in [-0.39, 0.29) is 21.8 Å². The van der Waals surface area contributed by atoms with Crippen molar-refractivity contribution in [3.63, 3.8) is 0 Å². The first-order chi connectivity index (χ1) is 15.7. The molecule has 0 bridgehead atoms. The largest absolute Gasteiger partial charge is 0.468 e. The van der Waals surface area contributed by atoms with Crippen LogP contribution < -0.4 is 4.80 Å². The van der Waals surface area contributed by atoms with Gasteiger partial charge in [-0.1, -0.05) is 34.5 Å². The summed E-state index contributed by atoms with van der Waals surface area (Å²) in [7, 11) is -2.32. The summed E-state index contributed by atoms with van der Waals surface area (Å²) < 4.78 is 33.7. The Hall–Kier alpha value is -2.24. The summed E-state index contributed by atoms with van der Waals surface area (Å²) in [4.78, 5) is 29.3. The number of rotatable bonds is 5. The highest BCUT2D eigenvalue weighted by Gasteiger charge is 2.27. The van der Waals surface area contributed by atoms with Gasteiger partial charge in [-0.05, 0) is 49.2 Å². The van der Waals surface area contributed by atoms with E-state index in [1.807, 2.05) is 0 Å². The van der Waals surface area contributed by atoms with Crippen molar-refractivity contribution in [2.45, 2.75) is 24.3 Å². The molecule has 1 aromatic heterocycles. The molecule has 0 spiro atoms. The molecule has 1 amide bonds. The number of thiazole rings is 1. The van der Waals surface area contributed by atoms with Crippen LogP contribution in [0.15, 0.2) is 46.3 Å². The standard InChI is InChI=1S/C21H19Cl2N3O5S2/c1-31-18(27)12-26-19-16(23)10-14(22)11-17(19)32-21(26)24-20(28)13-4-6-15(7-5-13)33(29,30)25-8-2-3-9-25/h4-7,10-11H,2-3,8-9,12H2,1H3. The fourth-order valence-corrected chi connectivity index (χ4v) is 6.88. The van der Waals surface area contributed by atoms with Gasteiger partial charge in [0.25, 0.3) is 5.91 Å². The topological polar surface area (TPSA) is 98.0 Å². The van der Waals surface area contributed by atoms with Crippen molar-refractivity contribution in [1.29, 1.82) is 0 Å². The van der Waals surface area contributed by atoms with Crippen LogP contribution in [-0.2, 0) is 26.1 Å². The lowest BCUT2D eigenvalue weighted by atomic mass is 10.2. The van der Waals surface area contributed by atoms with Crippen molar-refractivity contribution in [2.24, 2.45) is 4.99 Å². The first kappa shape index (κ1) is 23.9. The Balaban J connectivity index is 1.72. The van der Waals surface area contributed by atoms with E-state index >= 15 is 0 Å². The fourth-order valence-electron chi connectivity index (χ4n) is 3.55. The van der Waals surface area contributed by atoms with Crippen LogP contribution in [0.4, 0.5) is 0 Å². The Morgan fingerprint density at radius 2 is 1.79 bits per heavy atom. The quantitative estimate of drug-likeness (QED) is 0.471. The van der Waals surface area contributed by atoms with Gasteiger partial charge in [-0.15, -0.1) is 0 Å². The minimum atomic E-state index is -3.58. The van der Waals surface area contributed by atoms with Gasteiger partial charge in [0.05, 0.1) is 27.2 Å². The number of esters is 1. The second kappa shape index (κ2) is 9.55. The number of aromatic nitrogens is 1. The fraction of sp³-hybridized carbons (Fsp3) is 0.286. The van der Waals surface area contributed by atoms with E-state index in [1.54, 1.807) is 6.07 Å². The highest BCUT2D eigenvalue weighted by Crippen LogP contribution is 2.30. The summed E-state index contributed by atoms with van der Waals surface area (Å²) in [6.45, 7) is 0.797. The maximum Gasteiger partial charge on any atom is 0.325 e. The maximum atomic E-state index is 12.9. The van der Waals surface area contributed by atoms with Crippen LogP contribution in [-0.4, -0.2) is 49.4 Å². The smallest absolute Gasteiger partial charge is 0.325 e. The third kappa shape index (κ3) is 4.85. The van der Waals surface area contributed by atoms with Crippen LogP contribution >= 0.6 is 34.5 Å². The number of hydrogen-bond donors (Lipinski definition) is 0. The molecule has 4 rings (SSSR count). The summed E-state index contributed by atoms with van der Waals surface area (Å²) in [5, 5.41) is 0.717. The van der Waals surface area contributed by atoms with Gasteiger partial charge in [0.1, 0.15) is 6.54 Å². The average Bonchev–Trinajstić information content (AvgIpc) is 3.43. The lowest BCUT2D eigenvalue weighted by Gasteiger charge is -2.15. The number of benzene rings is 2. The average molecular weight is 528 g/mol. The minimum Gasteiger partial charge on any atom is -0.468 e. The van der Waals surface area contributed by atoms with Gasteiger partial charge in [0.2, 0.25) is 10.0 Å². The predicted octanol–water partition coefficient (Wildman–Crippen LogP) is 3.71. The molecule has 2 aromatic carbocycles. The van der Waals surface area contributed by atoms with Crippen LogP contribution in [0.3, 0.4) is 0 Å². The molecule has 1 saturated heterocycles. The number of ether oxygens (including phenoxy) is 1. The van der Waals surface area contributed by atoms with Gasteiger partial charge in [-0.3, -0.25) is 9.59 Å². The number of halogens is 2. The molecule has 33 heavy (non-hydrogen) atoms. The lowest BCUT2D eigenvalue weighted by molar-refractivity contribution is -0.141. The van der Waals surface area contributed by atoms with Crippen LogP contribution in [0.2, 0.25) is 10.0 Å². The third-order valence-electron chi connectivity index (χ3n) is 5.21. The summed E-state index contributed by atoms with van der Waals surface area (Å²) in [5.74, 6) is -1.13. The van der Waals surface area contributed by atoms with Crippen molar-refractivity contribution in [1.82, 2.24) is 8.87 Å². The molecule has 174 valence electrons. The zero-order chi connectivity index (χ0) is 23.8. The third-order valence-corrected chi connectivity index (χ3v) is 8.66. The molecule has 12 heteroatoms. The van der Waals surface area contributed by atoms with Gasteiger partial charge in [0.15, 0.2) is 4.80 Å². The first-order valence-corrected chi connectivity index (χ1v) is 13.0. The summed E-state index contributed by atoms with van der Waals surface area (Å²) >= 11 is 13.6. The predicted molar refractivity (Wildman–Crippen MR) is 126 cm³/mol. The molecule has 0 atom stereocenters. The molecular formula is C21H19Cl2N3O5S2. The van der Waals surface area contributed by atoms with Crippen molar-refractivity contribution in [3.05, 3.63) is 56.8 Å². The van der Waals surface area contributed by atoms with Gasteiger partial charge in [0, 0.05) is 23.7 Å². The zero-order valence-corrected chi connectivity index (χ0v) is 20.6. The van der Waals surface area contributed by atoms with Crippen LogP contribution in [0.5, 0.6) is 0 Å². The van der Waals surface area contributed by atoms with E-state index in [1.165, 1.54) is 46.3 Å². The maximum absolute atomic E-state index is 12.9. The minimum absolute atomic E-state index is 0.130. The number of sulfonamides is 1. The van der Waals surface area contributed by atoms with Crippen molar-refractivity contribution < 1.29 is 22.7 Å². The van der Waals surface area contributed by atoms with Gasteiger partial charge < -0.3 is 9.30 Å². The molecular weight excluding hydrogens is 509 g/mol. The summed E-state index contributed by atoms with van der Waals surface area (Å²) in [6.07, 6.45) is 1.68. The summed E-state index contributed by atoms with van der Waals surface area (Å²) in [5.41, 5.74) is 0.719. The molecule has 8 nitrogen and oxygen atoms in total. The Labute approximate surface area is 204 Å². The lowest BCUT2D eigenvalue weighted by Crippen LogP contribution is -2.27. The Bertz CT molecular complexity index is 1410. The number of nitrogens with zero attached hydrogens (tertiary/aromatic N) is 3. The molecule has 0 aliphatic carbocycles. The SMILES string of the molecule is COC(=O)Cn1c(=NC(=O)c2ccc(S(=O)(=O)N3CCCC3)cc2)sc2cc(Cl)cc(Cl)c21. The van der Waals surface area contributed by atoms with Gasteiger partial charge >= 0.3 is 5.97 Å². The Morgan fingerprint density at radius 3 is 2.42 bits per heavy atom. The van der Waals surface area contributed by atoms with E-state index in [0.717, 1.165) is 24.2 Å². The van der Waals surface area contributed by atoms with E-state index in [0.29, 0.717) is 33.4 Å². The normalized spacial score (nSPS) is 15.3. The number of fused-ring (bicyclic) bond motifs is 1. The van der Waals surface area contributed by atoms with Crippen LogP contribution in [0.1, 0.15) is 23.2 Å². The van der Waals surface area contributed by atoms with Gasteiger partial charge in [-0.25, -0.2) is 8.42 Å². The first-order valence-electron chi connectivity index (χ1n) is 9.95. The summed E-state index contributed by atoms with van der Waals surface area (Å²) in [6, 6.07) is 8.87. The molecule has 2 heterocycles. The molecule has 3 aromatic rings. The highest BCUT2D eigenvalue weighted by atomic mass is 35.5. The molecule has 0 unspecified atom stereocenters. The molecule has 0 N–H and O–H groups in total. The Morgan fingerprint density at radius 1 is 1.12 bits per heavy atom. The second-order valence-electron chi connectivity index (χ2n) is 7.33. The van der Waals surface area contributed by atoms with E-state index in [2.05, 4.69) is 4.99 Å². The van der Waals surface area contributed by atoms with Gasteiger partial charge in [-0.2, -0.15) is 9.30 Å². The number of hydrogen-bond acceptors (Lipinski definition) is 6. The highest BCUT2D eigenvalue weighted by molar-refractivity contribution is 7.89. The Kier molecular flexibility index (Phi) is 6.92.